The van der Waals surface area contributed by atoms with E-state index < -0.39 is 0 Å². The van der Waals surface area contributed by atoms with Crippen LogP contribution in [0.2, 0.25) is 0 Å². The van der Waals surface area contributed by atoms with Gasteiger partial charge in [0.05, 0.1) is 5.69 Å². The predicted molar refractivity (Wildman–Crippen MR) is 54.3 cm³/mol. The van der Waals surface area contributed by atoms with Gasteiger partial charge in [0.15, 0.2) is 0 Å². The summed E-state index contributed by atoms with van der Waals surface area (Å²) in [5, 5.41) is 0. The molecule has 0 spiro atoms. The van der Waals surface area contributed by atoms with Crippen LogP contribution in [0.4, 0.5) is 0 Å². The Hall–Kier alpha value is -0.540. The molecule has 0 bridgehead atoms. The molecule has 2 nitrogen and oxygen atoms in total. The minimum Gasteiger partial charge on any atom is -0.305 e. The van der Waals surface area contributed by atoms with Gasteiger partial charge in [0.2, 0.25) is 0 Å². The minimum absolute atomic E-state index is 0.710. The second-order valence-electron chi connectivity index (χ2n) is 3.05. The van der Waals surface area contributed by atoms with Crippen LogP contribution in [0.15, 0.2) is 18.3 Å². The van der Waals surface area contributed by atoms with E-state index in [9.17, 15) is 0 Å². The maximum Gasteiger partial charge on any atom is 0.0503 e. The van der Waals surface area contributed by atoms with Gasteiger partial charge in [-0.05, 0) is 31.8 Å². The Morgan fingerprint density at radius 3 is 2.83 bits per heavy atom. The smallest absolute Gasteiger partial charge is 0.0503 e. The van der Waals surface area contributed by atoms with Crippen molar-refractivity contribution in [1.82, 2.24) is 9.88 Å². The average Bonchev–Trinajstić information content (AvgIpc) is 2.03. The van der Waals surface area contributed by atoms with Crippen molar-refractivity contribution in [3.63, 3.8) is 0 Å². The molecule has 1 heterocycles. The molecular weight excluding hydrogens is 168 g/mol. The fourth-order valence-electron chi connectivity index (χ4n) is 1.08. The third kappa shape index (κ3) is 2.83. The molecule has 1 aromatic heterocycles. The number of nitrogens with zero attached hydrogens (tertiary/aromatic N) is 2. The zero-order valence-corrected chi connectivity index (χ0v) is 8.38. The van der Waals surface area contributed by atoms with Crippen LogP contribution in [0.25, 0.3) is 0 Å². The first-order valence-electron chi connectivity index (χ1n) is 3.92. The van der Waals surface area contributed by atoms with Crippen molar-refractivity contribution in [3.8, 4) is 0 Å². The largest absolute Gasteiger partial charge is 0.305 e. The van der Waals surface area contributed by atoms with Crippen molar-refractivity contribution >= 4 is 12.6 Å². The third-order valence-corrected chi connectivity index (χ3v) is 1.87. The molecule has 1 rings (SSSR count). The average molecular weight is 182 g/mol. The molecule has 0 saturated carbocycles. The summed E-state index contributed by atoms with van der Waals surface area (Å²) in [6.07, 6.45) is 1.84. The molecule has 0 N–H and O–H groups in total. The van der Waals surface area contributed by atoms with Crippen LogP contribution in [0.1, 0.15) is 11.3 Å². The molecule has 3 heteroatoms. The molecule has 66 valence electrons. The van der Waals surface area contributed by atoms with E-state index in [1.165, 1.54) is 5.56 Å². The molecule has 0 aliphatic carbocycles. The summed E-state index contributed by atoms with van der Waals surface area (Å²) in [4.78, 5) is 6.31. The van der Waals surface area contributed by atoms with Crippen molar-refractivity contribution in [2.45, 2.75) is 12.3 Å². The molecule has 0 aliphatic heterocycles. The molecule has 0 unspecified atom stereocenters. The first-order valence-corrected chi connectivity index (χ1v) is 4.55. The van der Waals surface area contributed by atoms with E-state index in [0.29, 0.717) is 5.75 Å². The van der Waals surface area contributed by atoms with Crippen molar-refractivity contribution in [3.05, 3.63) is 29.6 Å². The van der Waals surface area contributed by atoms with E-state index in [1.54, 1.807) is 0 Å². The Kier molecular flexibility index (Phi) is 3.56. The van der Waals surface area contributed by atoms with E-state index in [2.05, 4.69) is 42.7 Å². The Balaban J connectivity index is 2.72. The van der Waals surface area contributed by atoms with Crippen LogP contribution >= 0.6 is 12.6 Å². The summed E-state index contributed by atoms with van der Waals surface area (Å²) in [6.45, 7) is 0.962. The number of thiol groups is 1. The fourth-order valence-corrected chi connectivity index (χ4v) is 1.25. The number of aromatic nitrogens is 1. The fraction of sp³-hybridized carbons (Fsp3) is 0.444. The van der Waals surface area contributed by atoms with Gasteiger partial charge < -0.3 is 4.90 Å². The molecule has 0 aliphatic rings. The topological polar surface area (TPSA) is 16.1 Å². The van der Waals surface area contributed by atoms with E-state index >= 15 is 0 Å². The van der Waals surface area contributed by atoms with Gasteiger partial charge in [0, 0.05) is 18.5 Å². The highest BCUT2D eigenvalue weighted by molar-refractivity contribution is 7.79. The molecule has 0 radical (unpaired) electrons. The van der Waals surface area contributed by atoms with Crippen molar-refractivity contribution in [2.75, 3.05) is 14.1 Å². The maximum atomic E-state index is 4.17. The minimum atomic E-state index is 0.710. The normalized spacial score (nSPS) is 10.7. The third-order valence-electron chi connectivity index (χ3n) is 1.54. The summed E-state index contributed by atoms with van der Waals surface area (Å²) in [7, 11) is 4.11. The second-order valence-corrected chi connectivity index (χ2v) is 3.37. The highest BCUT2D eigenvalue weighted by Gasteiger charge is 1.96. The Bertz CT molecular complexity index is 248. The predicted octanol–water partition coefficient (Wildman–Crippen LogP) is 1.57. The SMILES string of the molecule is CN(C)Cc1ccnc(CS)c1. The van der Waals surface area contributed by atoms with Gasteiger partial charge in [-0.1, -0.05) is 0 Å². The lowest BCUT2D eigenvalue weighted by Crippen LogP contribution is -2.10. The molecule has 0 saturated heterocycles. The first-order chi connectivity index (χ1) is 5.72. The highest BCUT2D eigenvalue weighted by Crippen LogP contribution is 2.05. The van der Waals surface area contributed by atoms with E-state index in [4.69, 9.17) is 0 Å². The molecule has 0 fully saturated rings. The van der Waals surface area contributed by atoms with Gasteiger partial charge >= 0.3 is 0 Å². The van der Waals surface area contributed by atoms with E-state index in [1.807, 2.05) is 12.3 Å². The van der Waals surface area contributed by atoms with Gasteiger partial charge in [-0.15, -0.1) is 0 Å². The number of pyridine rings is 1. The summed E-state index contributed by atoms with van der Waals surface area (Å²) < 4.78 is 0. The van der Waals surface area contributed by atoms with Crippen LogP contribution < -0.4 is 0 Å². The monoisotopic (exact) mass is 182 g/mol. The van der Waals surface area contributed by atoms with Gasteiger partial charge in [-0.2, -0.15) is 12.6 Å². The Morgan fingerprint density at radius 1 is 1.50 bits per heavy atom. The van der Waals surface area contributed by atoms with Crippen LogP contribution in [-0.2, 0) is 12.3 Å². The Labute approximate surface area is 79.0 Å². The summed E-state index contributed by atoms with van der Waals surface area (Å²) in [5.74, 6) is 0.710. The van der Waals surface area contributed by atoms with Crippen molar-refractivity contribution < 1.29 is 0 Å². The zero-order valence-electron chi connectivity index (χ0n) is 7.49. The summed E-state index contributed by atoms with van der Waals surface area (Å²) in [5.41, 5.74) is 2.33. The highest BCUT2D eigenvalue weighted by atomic mass is 32.1. The van der Waals surface area contributed by atoms with Crippen LogP contribution in [0.3, 0.4) is 0 Å². The van der Waals surface area contributed by atoms with Gasteiger partial charge in [0.25, 0.3) is 0 Å². The lowest BCUT2D eigenvalue weighted by Gasteiger charge is -2.09. The van der Waals surface area contributed by atoms with Crippen molar-refractivity contribution in [2.24, 2.45) is 0 Å². The summed E-state index contributed by atoms with van der Waals surface area (Å²) in [6, 6.07) is 4.12. The number of hydrogen-bond donors (Lipinski definition) is 1. The lowest BCUT2D eigenvalue weighted by atomic mass is 10.2. The van der Waals surface area contributed by atoms with Gasteiger partial charge in [-0.25, -0.2) is 0 Å². The summed E-state index contributed by atoms with van der Waals surface area (Å²) >= 11 is 4.17. The number of rotatable bonds is 3. The van der Waals surface area contributed by atoms with Crippen LogP contribution in [0.5, 0.6) is 0 Å². The van der Waals surface area contributed by atoms with Crippen molar-refractivity contribution in [1.29, 1.82) is 0 Å². The molecule has 0 amide bonds. The van der Waals surface area contributed by atoms with Gasteiger partial charge in [-0.3, -0.25) is 4.98 Å². The molecular formula is C9H14N2S. The maximum absolute atomic E-state index is 4.17. The van der Waals surface area contributed by atoms with Crippen LogP contribution in [-0.4, -0.2) is 24.0 Å². The molecule has 12 heavy (non-hydrogen) atoms. The molecule has 1 aromatic rings. The first kappa shape index (κ1) is 9.55. The van der Waals surface area contributed by atoms with Gasteiger partial charge in [0.1, 0.15) is 0 Å². The van der Waals surface area contributed by atoms with E-state index in [-0.39, 0.29) is 0 Å². The van der Waals surface area contributed by atoms with E-state index in [0.717, 1.165) is 12.2 Å². The molecule has 0 atom stereocenters. The van der Waals surface area contributed by atoms with Crippen LogP contribution in [0, 0.1) is 0 Å². The lowest BCUT2D eigenvalue weighted by molar-refractivity contribution is 0.402. The quantitative estimate of drug-likeness (QED) is 0.714. The number of hydrogen-bond acceptors (Lipinski definition) is 3. The standard InChI is InChI=1S/C9H14N2S/c1-11(2)6-8-3-4-10-9(5-8)7-12/h3-5,12H,6-7H2,1-2H3. The Morgan fingerprint density at radius 2 is 2.25 bits per heavy atom. The zero-order chi connectivity index (χ0) is 8.97. The second kappa shape index (κ2) is 4.48. The molecule has 0 aromatic carbocycles.